The van der Waals surface area contributed by atoms with Gasteiger partial charge in [0.25, 0.3) is 0 Å². The summed E-state index contributed by atoms with van der Waals surface area (Å²) in [5, 5.41) is 0. The predicted octanol–water partition coefficient (Wildman–Crippen LogP) is 6.35. The van der Waals surface area contributed by atoms with Gasteiger partial charge in [0.05, 0.1) is 20.3 Å². The summed E-state index contributed by atoms with van der Waals surface area (Å²) in [4.78, 5) is 0. The summed E-state index contributed by atoms with van der Waals surface area (Å²) >= 11 is 5.92. The Bertz CT molecular complexity index is 902. The lowest BCUT2D eigenvalue weighted by Gasteiger charge is -2.20. The smallest absolute Gasteiger partial charge is 0.493 e. The number of halogens is 1. The summed E-state index contributed by atoms with van der Waals surface area (Å²) in [5.74, 6) is 0.932. The van der Waals surface area contributed by atoms with Crippen LogP contribution in [-0.2, 0) is 32.7 Å². The van der Waals surface area contributed by atoms with E-state index in [0.717, 1.165) is 16.7 Å². The van der Waals surface area contributed by atoms with Gasteiger partial charge in [-0.1, -0.05) is 66.7 Å². The van der Waals surface area contributed by atoms with Crippen LogP contribution >= 0.6 is 19.4 Å². The zero-order valence-electron chi connectivity index (χ0n) is 16.0. The van der Waals surface area contributed by atoms with Crippen molar-refractivity contribution in [3.63, 3.8) is 0 Å². The summed E-state index contributed by atoms with van der Waals surface area (Å²) in [7, 11) is -2.46. The third-order valence-electron chi connectivity index (χ3n) is 4.06. The minimum atomic E-state index is -3.97. The second-order valence-electron chi connectivity index (χ2n) is 6.18. The van der Waals surface area contributed by atoms with Gasteiger partial charge in [-0.05, 0) is 28.8 Å². The third kappa shape index (κ3) is 6.34. The molecule has 3 rings (SSSR count). The Balaban J connectivity index is 1.82. The number of ether oxygens (including phenoxy) is 1. The number of phosphoric acid groups is 1. The molecule has 0 heterocycles. The maximum absolute atomic E-state index is 13.4. The Hall–Kier alpha value is -2.30. The average molecular weight is 433 g/mol. The second-order valence-corrected chi connectivity index (χ2v) is 8.04. The van der Waals surface area contributed by atoms with Crippen molar-refractivity contribution in [3.05, 3.63) is 95.6 Å². The van der Waals surface area contributed by atoms with Crippen LogP contribution in [0.25, 0.3) is 0 Å². The van der Waals surface area contributed by atoms with Crippen LogP contribution in [0.3, 0.4) is 0 Å². The summed E-state index contributed by atoms with van der Waals surface area (Å²) in [5.41, 5.74) is 2.49. The van der Waals surface area contributed by atoms with Gasteiger partial charge in [0.2, 0.25) is 0 Å². The Morgan fingerprint density at radius 3 is 1.79 bits per heavy atom. The van der Waals surface area contributed by atoms with Crippen LogP contribution in [0.4, 0.5) is 0 Å². The van der Waals surface area contributed by atoms with E-state index < -0.39 is 7.82 Å². The quantitative estimate of drug-likeness (QED) is 0.276. The van der Waals surface area contributed by atoms with Crippen molar-refractivity contribution in [1.82, 2.24) is 0 Å². The highest BCUT2D eigenvalue weighted by Gasteiger charge is 2.30. The van der Waals surface area contributed by atoms with Gasteiger partial charge in [-0.15, -0.1) is 11.6 Å². The van der Waals surface area contributed by atoms with E-state index in [-0.39, 0.29) is 24.8 Å². The molecule has 0 unspecified atom stereocenters. The van der Waals surface area contributed by atoms with Crippen molar-refractivity contribution < 1.29 is 22.9 Å². The van der Waals surface area contributed by atoms with Crippen LogP contribution in [0.5, 0.6) is 11.5 Å². The molecular weight excluding hydrogens is 411 g/mol. The van der Waals surface area contributed by atoms with E-state index in [1.165, 1.54) is 7.11 Å². The van der Waals surface area contributed by atoms with Gasteiger partial charge in [-0.2, -0.15) is 0 Å². The van der Waals surface area contributed by atoms with Gasteiger partial charge in [0, 0.05) is 5.88 Å². The first kappa shape index (κ1) is 21.4. The minimum Gasteiger partial charge on any atom is -0.493 e. The summed E-state index contributed by atoms with van der Waals surface area (Å²) < 4.78 is 35.8. The second kappa shape index (κ2) is 10.5. The molecule has 0 aliphatic heterocycles. The molecule has 5 nitrogen and oxygen atoms in total. The molecule has 0 saturated carbocycles. The molecule has 0 saturated heterocycles. The molecule has 29 heavy (non-hydrogen) atoms. The maximum atomic E-state index is 13.4. The predicted molar refractivity (Wildman–Crippen MR) is 113 cm³/mol. The lowest BCUT2D eigenvalue weighted by molar-refractivity contribution is 0.142. The van der Waals surface area contributed by atoms with E-state index in [1.807, 2.05) is 60.7 Å². The van der Waals surface area contributed by atoms with Crippen LogP contribution in [0, 0.1) is 0 Å². The SMILES string of the molecule is COc1ccc(CCl)cc1OP(=O)(OCc1ccccc1)OCc1ccccc1. The van der Waals surface area contributed by atoms with Gasteiger partial charge >= 0.3 is 7.82 Å². The molecule has 0 N–H and O–H groups in total. The van der Waals surface area contributed by atoms with Gasteiger partial charge in [0.15, 0.2) is 11.5 Å². The fourth-order valence-corrected chi connectivity index (χ4v) is 3.89. The Morgan fingerprint density at radius 2 is 1.31 bits per heavy atom. The van der Waals surface area contributed by atoms with Crippen molar-refractivity contribution in [2.75, 3.05) is 7.11 Å². The molecular formula is C22H22ClO5P. The van der Waals surface area contributed by atoms with Crippen LogP contribution in [-0.4, -0.2) is 7.11 Å². The van der Waals surface area contributed by atoms with Gasteiger partial charge in [0.1, 0.15) is 0 Å². The molecule has 0 aliphatic carbocycles. The molecule has 0 radical (unpaired) electrons. The first-order valence-corrected chi connectivity index (χ1v) is 11.0. The topological polar surface area (TPSA) is 54.0 Å². The van der Waals surface area contributed by atoms with Crippen molar-refractivity contribution in [2.24, 2.45) is 0 Å². The van der Waals surface area contributed by atoms with Crippen LogP contribution in [0.1, 0.15) is 16.7 Å². The number of alkyl halides is 1. The Morgan fingerprint density at radius 1 is 0.759 bits per heavy atom. The number of benzene rings is 3. The van der Waals surface area contributed by atoms with Crippen LogP contribution < -0.4 is 9.26 Å². The van der Waals surface area contributed by atoms with Crippen LogP contribution in [0.15, 0.2) is 78.9 Å². The molecule has 0 fully saturated rings. The molecule has 0 amide bonds. The highest BCUT2D eigenvalue weighted by Crippen LogP contribution is 2.52. The first-order chi connectivity index (χ1) is 14.1. The van der Waals surface area contributed by atoms with Crippen LogP contribution in [0.2, 0.25) is 0 Å². The first-order valence-electron chi connectivity index (χ1n) is 9.01. The minimum absolute atomic E-state index is 0.0738. The van der Waals surface area contributed by atoms with E-state index in [4.69, 9.17) is 29.9 Å². The molecule has 0 spiro atoms. The molecule has 0 aliphatic rings. The van der Waals surface area contributed by atoms with Crippen molar-refractivity contribution in [2.45, 2.75) is 19.1 Å². The molecule has 0 aromatic heterocycles. The fourth-order valence-electron chi connectivity index (χ4n) is 2.54. The van der Waals surface area contributed by atoms with Crippen molar-refractivity contribution in [3.8, 4) is 11.5 Å². The summed E-state index contributed by atoms with van der Waals surface area (Å²) in [6.07, 6.45) is 0. The highest BCUT2D eigenvalue weighted by atomic mass is 35.5. The molecule has 0 bridgehead atoms. The number of methoxy groups -OCH3 is 1. The van der Waals surface area contributed by atoms with Crippen molar-refractivity contribution >= 4 is 19.4 Å². The normalized spacial score (nSPS) is 11.2. The van der Waals surface area contributed by atoms with Crippen molar-refractivity contribution in [1.29, 1.82) is 0 Å². The van der Waals surface area contributed by atoms with E-state index in [1.54, 1.807) is 18.2 Å². The lowest BCUT2D eigenvalue weighted by Crippen LogP contribution is -2.04. The number of phosphoric ester groups is 1. The largest absolute Gasteiger partial charge is 0.530 e. The van der Waals surface area contributed by atoms with E-state index in [2.05, 4.69) is 0 Å². The molecule has 152 valence electrons. The standard InChI is InChI=1S/C22H22ClO5P/c1-25-21-13-12-20(15-23)14-22(21)28-29(24,26-16-18-8-4-2-5-9-18)27-17-19-10-6-3-7-11-19/h2-14H,15-17H2,1H3. The monoisotopic (exact) mass is 432 g/mol. The number of hydrogen-bond acceptors (Lipinski definition) is 5. The summed E-state index contributed by atoms with van der Waals surface area (Å²) in [6.45, 7) is 0.148. The Kier molecular flexibility index (Phi) is 7.73. The Labute approximate surface area is 175 Å². The fraction of sp³-hybridized carbons (Fsp3) is 0.182. The zero-order valence-corrected chi connectivity index (χ0v) is 17.6. The highest BCUT2D eigenvalue weighted by molar-refractivity contribution is 7.48. The van der Waals surface area contributed by atoms with E-state index in [9.17, 15) is 4.57 Å². The zero-order chi connectivity index (χ0) is 20.5. The lowest BCUT2D eigenvalue weighted by atomic mass is 10.2. The van der Waals surface area contributed by atoms with Gasteiger partial charge in [-0.3, -0.25) is 9.05 Å². The number of hydrogen-bond donors (Lipinski definition) is 0. The number of rotatable bonds is 10. The third-order valence-corrected chi connectivity index (χ3v) is 5.68. The molecule has 7 heteroatoms. The maximum Gasteiger partial charge on any atom is 0.530 e. The average Bonchev–Trinajstić information content (AvgIpc) is 2.78. The molecule has 3 aromatic carbocycles. The molecule has 3 aromatic rings. The van der Waals surface area contributed by atoms with Gasteiger partial charge < -0.3 is 9.26 Å². The summed E-state index contributed by atoms with van der Waals surface area (Å²) in [6, 6.07) is 24.0. The van der Waals surface area contributed by atoms with Gasteiger partial charge in [-0.25, -0.2) is 4.57 Å². The van der Waals surface area contributed by atoms with E-state index >= 15 is 0 Å². The van der Waals surface area contributed by atoms with E-state index in [0.29, 0.717) is 5.75 Å². The molecule has 0 atom stereocenters.